The smallest absolute Gasteiger partial charge is 0.243 e. The molecule has 166 valence electrons. The van der Waals surface area contributed by atoms with Gasteiger partial charge in [0.2, 0.25) is 10.0 Å². The van der Waals surface area contributed by atoms with Gasteiger partial charge in [-0.1, -0.05) is 18.2 Å². The largest absolute Gasteiger partial charge is 0.368 e. The summed E-state index contributed by atoms with van der Waals surface area (Å²) in [5, 5.41) is 6.95. The first-order chi connectivity index (χ1) is 14.8. The molecule has 8 heteroatoms. The number of hydrogen-bond acceptors (Lipinski definition) is 5. The summed E-state index contributed by atoms with van der Waals surface area (Å²) < 4.78 is 41.4. The molecule has 31 heavy (non-hydrogen) atoms. The number of hydrogen-bond donors (Lipinski definition) is 2. The molecule has 2 N–H and O–H groups in total. The maximum Gasteiger partial charge on any atom is 0.243 e. The van der Waals surface area contributed by atoms with E-state index in [0.29, 0.717) is 43.9 Å². The molecule has 0 bridgehead atoms. The lowest BCUT2D eigenvalue weighted by molar-refractivity contribution is 0.241. The van der Waals surface area contributed by atoms with E-state index in [9.17, 15) is 12.8 Å². The highest BCUT2D eigenvalue weighted by atomic mass is 32.2. The normalized spacial score (nSPS) is 19.3. The van der Waals surface area contributed by atoms with Crippen LogP contribution >= 0.6 is 0 Å². The Bertz CT molecular complexity index is 1090. The lowest BCUT2D eigenvalue weighted by Gasteiger charge is -2.44. The van der Waals surface area contributed by atoms with Crippen LogP contribution in [-0.2, 0) is 16.6 Å². The van der Waals surface area contributed by atoms with Gasteiger partial charge in [0.1, 0.15) is 11.7 Å². The quantitative estimate of drug-likeness (QED) is 0.761. The average Bonchev–Trinajstić information content (AvgIpc) is 2.75. The van der Waals surface area contributed by atoms with Gasteiger partial charge in [0, 0.05) is 26.2 Å². The molecule has 2 aliphatic heterocycles. The van der Waals surface area contributed by atoms with Gasteiger partial charge >= 0.3 is 0 Å². The second-order valence-corrected chi connectivity index (χ2v) is 10.3. The molecule has 6 nitrogen and oxygen atoms in total. The van der Waals surface area contributed by atoms with Crippen LogP contribution in [0.2, 0.25) is 0 Å². The Morgan fingerprint density at radius 2 is 1.90 bits per heavy atom. The zero-order chi connectivity index (χ0) is 22.1. The molecule has 0 saturated carbocycles. The fourth-order valence-electron chi connectivity index (χ4n) is 4.30. The summed E-state index contributed by atoms with van der Waals surface area (Å²) in [5.41, 5.74) is 2.52. The number of rotatable bonds is 4. The molecule has 0 amide bonds. The standard InChI is InChI=1S/C23H29FN4O2S/c1-17-6-7-21(14-18(17)2)31(29,30)28-12-8-23(9-13-28)22(25-10-11-27-23)26-16-19-4-3-5-20(24)15-19/h3-7,14-15,27H,8-13,16H2,1-2H3,(H,25,26). The minimum Gasteiger partial charge on any atom is -0.368 e. The van der Waals surface area contributed by atoms with Gasteiger partial charge in [0.25, 0.3) is 0 Å². The van der Waals surface area contributed by atoms with Gasteiger partial charge in [-0.25, -0.2) is 12.8 Å². The molecule has 2 aromatic rings. The predicted molar refractivity (Wildman–Crippen MR) is 120 cm³/mol. The summed E-state index contributed by atoms with van der Waals surface area (Å²) in [6, 6.07) is 11.8. The molecule has 0 radical (unpaired) electrons. The molecular formula is C23H29FN4O2S. The van der Waals surface area contributed by atoms with E-state index < -0.39 is 10.0 Å². The van der Waals surface area contributed by atoms with E-state index in [1.54, 1.807) is 22.5 Å². The molecule has 0 unspecified atom stereocenters. The molecule has 2 aliphatic rings. The number of sulfonamides is 1. The van der Waals surface area contributed by atoms with Crippen LogP contribution in [0.15, 0.2) is 52.4 Å². The van der Waals surface area contributed by atoms with E-state index in [-0.39, 0.29) is 11.4 Å². The first-order valence-corrected chi connectivity index (χ1v) is 12.1. The lowest BCUT2D eigenvalue weighted by Crippen LogP contribution is -2.64. The molecule has 0 aromatic heterocycles. The van der Waals surface area contributed by atoms with Crippen molar-refractivity contribution in [3.05, 3.63) is 65.0 Å². The zero-order valence-corrected chi connectivity index (χ0v) is 18.8. The van der Waals surface area contributed by atoms with Crippen molar-refractivity contribution in [3.63, 3.8) is 0 Å². The third-order valence-electron chi connectivity index (χ3n) is 6.34. The highest BCUT2D eigenvalue weighted by Gasteiger charge is 2.43. The minimum atomic E-state index is -3.53. The summed E-state index contributed by atoms with van der Waals surface area (Å²) in [5.74, 6) is 0.578. The van der Waals surface area contributed by atoms with Crippen molar-refractivity contribution < 1.29 is 12.8 Å². The van der Waals surface area contributed by atoms with E-state index in [4.69, 9.17) is 4.99 Å². The minimum absolute atomic E-state index is 0.262. The van der Waals surface area contributed by atoms with Crippen LogP contribution in [0.1, 0.15) is 29.5 Å². The Kier molecular flexibility index (Phi) is 6.14. The Morgan fingerprint density at radius 3 is 2.61 bits per heavy atom. The molecule has 0 aliphatic carbocycles. The Morgan fingerprint density at radius 1 is 1.13 bits per heavy atom. The lowest BCUT2D eigenvalue weighted by atomic mass is 9.85. The van der Waals surface area contributed by atoms with Gasteiger partial charge in [0.15, 0.2) is 0 Å². The first-order valence-electron chi connectivity index (χ1n) is 10.7. The van der Waals surface area contributed by atoms with E-state index in [1.165, 1.54) is 12.1 Å². The highest BCUT2D eigenvalue weighted by Crippen LogP contribution is 2.29. The molecule has 4 rings (SSSR count). The molecule has 0 atom stereocenters. The summed E-state index contributed by atoms with van der Waals surface area (Å²) in [6.07, 6.45) is 1.26. The Balaban J connectivity index is 1.46. The molecule has 1 spiro atoms. The average molecular weight is 445 g/mol. The van der Waals surface area contributed by atoms with Crippen LogP contribution in [0.25, 0.3) is 0 Å². The number of aliphatic imine (C=N–C) groups is 1. The van der Waals surface area contributed by atoms with E-state index >= 15 is 0 Å². The fraction of sp³-hybridized carbons (Fsp3) is 0.435. The molecule has 1 saturated heterocycles. The number of nitrogens with zero attached hydrogens (tertiary/aromatic N) is 2. The summed E-state index contributed by atoms with van der Waals surface area (Å²) in [6.45, 7) is 6.64. The van der Waals surface area contributed by atoms with Crippen LogP contribution in [0.4, 0.5) is 4.39 Å². The van der Waals surface area contributed by atoms with Gasteiger partial charge < -0.3 is 10.6 Å². The maximum atomic E-state index is 13.5. The highest BCUT2D eigenvalue weighted by molar-refractivity contribution is 7.89. The number of aryl methyl sites for hydroxylation is 2. The van der Waals surface area contributed by atoms with Crippen molar-refractivity contribution in [2.24, 2.45) is 4.99 Å². The topological polar surface area (TPSA) is 73.8 Å². The summed E-state index contributed by atoms with van der Waals surface area (Å²) in [7, 11) is -3.53. The molecule has 2 aromatic carbocycles. The number of benzene rings is 2. The van der Waals surface area contributed by atoms with Gasteiger partial charge in [-0.3, -0.25) is 4.99 Å². The summed E-state index contributed by atoms with van der Waals surface area (Å²) in [4.78, 5) is 5.04. The van der Waals surface area contributed by atoms with E-state index in [0.717, 1.165) is 29.1 Å². The molecule has 1 fully saturated rings. The predicted octanol–water partition coefficient (Wildman–Crippen LogP) is 2.76. The fourth-order valence-corrected chi connectivity index (χ4v) is 5.83. The van der Waals surface area contributed by atoms with Crippen molar-refractivity contribution >= 4 is 15.9 Å². The number of nitrogens with one attached hydrogen (secondary N) is 2. The van der Waals surface area contributed by atoms with Gasteiger partial charge in [-0.2, -0.15) is 4.31 Å². The zero-order valence-electron chi connectivity index (χ0n) is 18.0. The third-order valence-corrected chi connectivity index (χ3v) is 8.23. The van der Waals surface area contributed by atoms with Crippen molar-refractivity contribution in [1.82, 2.24) is 14.9 Å². The second-order valence-electron chi connectivity index (χ2n) is 8.37. The van der Waals surface area contributed by atoms with Gasteiger partial charge in [0.05, 0.1) is 17.0 Å². The van der Waals surface area contributed by atoms with Crippen LogP contribution in [0.5, 0.6) is 0 Å². The van der Waals surface area contributed by atoms with Crippen LogP contribution in [0.3, 0.4) is 0 Å². The van der Waals surface area contributed by atoms with E-state index in [1.807, 2.05) is 26.0 Å². The SMILES string of the molecule is Cc1ccc(S(=O)(=O)N2CCC3(CC2)NCCN=C3NCc2cccc(F)c2)cc1C. The van der Waals surface area contributed by atoms with Gasteiger partial charge in [-0.15, -0.1) is 0 Å². The molecule has 2 heterocycles. The first kappa shape index (κ1) is 21.9. The third kappa shape index (κ3) is 4.51. The van der Waals surface area contributed by atoms with Crippen molar-refractivity contribution in [2.75, 3.05) is 26.2 Å². The Labute approximate surface area is 183 Å². The molecular weight excluding hydrogens is 415 g/mol. The second kappa shape index (κ2) is 8.68. The monoisotopic (exact) mass is 444 g/mol. The van der Waals surface area contributed by atoms with Crippen molar-refractivity contribution in [3.8, 4) is 0 Å². The van der Waals surface area contributed by atoms with Crippen LogP contribution in [0, 0.1) is 19.7 Å². The summed E-state index contributed by atoms with van der Waals surface area (Å²) >= 11 is 0. The van der Waals surface area contributed by atoms with Crippen molar-refractivity contribution in [2.45, 2.75) is 43.7 Å². The number of halogens is 1. The van der Waals surface area contributed by atoms with E-state index in [2.05, 4.69) is 10.6 Å². The number of piperidine rings is 1. The van der Waals surface area contributed by atoms with Crippen molar-refractivity contribution in [1.29, 1.82) is 0 Å². The van der Waals surface area contributed by atoms with Crippen LogP contribution in [-0.4, -0.2) is 50.3 Å². The maximum absolute atomic E-state index is 13.5. The van der Waals surface area contributed by atoms with Crippen LogP contribution < -0.4 is 10.6 Å². The number of amidine groups is 1. The Hall–Kier alpha value is -2.29. The van der Waals surface area contributed by atoms with Gasteiger partial charge in [-0.05, 0) is 67.6 Å².